The Bertz CT molecular complexity index is 840. The summed E-state index contributed by atoms with van der Waals surface area (Å²) < 4.78 is 0. The molecule has 0 amide bonds. The van der Waals surface area contributed by atoms with Gasteiger partial charge in [-0.2, -0.15) is 0 Å². The van der Waals surface area contributed by atoms with Gasteiger partial charge in [0.05, 0.1) is 0 Å². The monoisotopic (exact) mass is 258 g/mol. The number of benzene rings is 3. The van der Waals surface area contributed by atoms with Crippen molar-refractivity contribution in [3.8, 4) is 11.1 Å². The molecule has 0 N–H and O–H groups in total. The van der Waals surface area contributed by atoms with Crippen LogP contribution >= 0.6 is 0 Å². The molecule has 98 valence electrons. The molecule has 1 atom stereocenters. The van der Waals surface area contributed by atoms with Gasteiger partial charge >= 0.3 is 0 Å². The normalized spacial score (nSPS) is 16.2. The third-order valence-electron chi connectivity index (χ3n) is 4.61. The lowest BCUT2D eigenvalue weighted by atomic mass is 9.93. The van der Waals surface area contributed by atoms with Crippen molar-refractivity contribution in [1.29, 1.82) is 0 Å². The fourth-order valence-electron chi connectivity index (χ4n) is 3.62. The van der Waals surface area contributed by atoms with Crippen LogP contribution < -0.4 is 0 Å². The van der Waals surface area contributed by atoms with Gasteiger partial charge < -0.3 is 0 Å². The zero-order valence-corrected chi connectivity index (χ0v) is 12.2. The molecule has 0 saturated heterocycles. The van der Waals surface area contributed by atoms with Crippen LogP contribution in [0.3, 0.4) is 0 Å². The van der Waals surface area contributed by atoms with Crippen molar-refractivity contribution in [3.63, 3.8) is 0 Å². The molecule has 1 aliphatic carbocycles. The van der Waals surface area contributed by atoms with E-state index in [4.69, 9.17) is 0 Å². The smallest absolute Gasteiger partial charge is 0.00795 e. The van der Waals surface area contributed by atoms with Crippen molar-refractivity contribution in [2.75, 3.05) is 0 Å². The van der Waals surface area contributed by atoms with Crippen molar-refractivity contribution in [2.24, 2.45) is 0 Å². The summed E-state index contributed by atoms with van der Waals surface area (Å²) in [4.78, 5) is 0. The summed E-state index contributed by atoms with van der Waals surface area (Å²) in [6.45, 7) is 6.68. The predicted octanol–water partition coefficient (Wildman–Crippen LogP) is 5.59. The lowest BCUT2D eigenvalue weighted by molar-refractivity contribution is 0.964. The van der Waals surface area contributed by atoms with Gasteiger partial charge in [-0.1, -0.05) is 66.6 Å². The minimum atomic E-state index is 0.492. The molecule has 0 aliphatic heterocycles. The Labute approximate surface area is 120 Å². The van der Waals surface area contributed by atoms with Crippen LogP contribution in [0.2, 0.25) is 0 Å². The molecule has 20 heavy (non-hydrogen) atoms. The first-order chi connectivity index (χ1) is 9.65. The summed E-state index contributed by atoms with van der Waals surface area (Å²) in [5.41, 5.74) is 8.50. The predicted molar refractivity (Wildman–Crippen MR) is 86.4 cm³/mol. The summed E-state index contributed by atoms with van der Waals surface area (Å²) >= 11 is 0. The second kappa shape index (κ2) is 3.96. The van der Waals surface area contributed by atoms with Crippen molar-refractivity contribution in [1.82, 2.24) is 0 Å². The number of fused-ring (bicyclic) bond motifs is 5. The highest BCUT2D eigenvalue weighted by Crippen LogP contribution is 2.47. The van der Waals surface area contributed by atoms with Gasteiger partial charge in [-0.15, -0.1) is 0 Å². The third kappa shape index (κ3) is 1.48. The van der Waals surface area contributed by atoms with Crippen molar-refractivity contribution < 1.29 is 0 Å². The Balaban J connectivity index is 2.08. The molecule has 1 aliphatic rings. The molecule has 0 nitrogen and oxygen atoms in total. The van der Waals surface area contributed by atoms with Crippen LogP contribution in [-0.4, -0.2) is 0 Å². The SMILES string of the molecule is Cc1ccc2c(c1)C(C)c1c-2ccc2cc(C)ccc12. The molecule has 4 rings (SSSR count). The van der Waals surface area contributed by atoms with Crippen molar-refractivity contribution in [3.05, 3.63) is 70.8 Å². The molecule has 3 aromatic rings. The Kier molecular flexibility index (Phi) is 2.32. The Morgan fingerprint density at radius 3 is 2.30 bits per heavy atom. The topological polar surface area (TPSA) is 0 Å². The lowest BCUT2D eigenvalue weighted by Gasteiger charge is -2.11. The molecule has 0 aromatic heterocycles. The second-order valence-electron chi connectivity index (χ2n) is 6.06. The summed E-state index contributed by atoms with van der Waals surface area (Å²) in [6.07, 6.45) is 0. The summed E-state index contributed by atoms with van der Waals surface area (Å²) in [6, 6.07) is 18.2. The molecule has 0 heterocycles. The summed E-state index contributed by atoms with van der Waals surface area (Å²) in [7, 11) is 0. The first-order valence-electron chi connectivity index (χ1n) is 7.29. The van der Waals surface area contributed by atoms with Crippen LogP contribution in [0, 0.1) is 13.8 Å². The molecule has 0 fully saturated rings. The molecule has 0 spiro atoms. The second-order valence-corrected chi connectivity index (χ2v) is 6.06. The van der Waals surface area contributed by atoms with Crippen molar-refractivity contribution >= 4 is 10.8 Å². The zero-order chi connectivity index (χ0) is 13.9. The van der Waals surface area contributed by atoms with E-state index < -0.39 is 0 Å². The first kappa shape index (κ1) is 11.7. The molecule has 0 radical (unpaired) electrons. The number of hydrogen-bond donors (Lipinski definition) is 0. The van der Waals surface area contributed by atoms with Gasteiger partial charge in [-0.3, -0.25) is 0 Å². The molecule has 0 saturated carbocycles. The van der Waals surface area contributed by atoms with E-state index in [1.165, 1.54) is 44.2 Å². The summed E-state index contributed by atoms with van der Waals surface area (Å²) in [5.74, 6) is 0.492. The van der Waals surface area contributed by atoms with Crippen LogP contribution in [0.25, 0.3) is 21.9 Å². The van der Waals surface area contributed by atoms with Crippen LogP contribution in [0.15, 0.2) is 48.5 Å². The quantitative estimate of drug-likeness (QED) is 0.493. The van der Waals surface area contributed by atoms with E-state index in [-0.39, 0.29) is 0 Å². The fourth-order valence-corrected chi connectivity index (χ4v) is 3.62. The Hall–Kier alpha value is -2.08. The average molecular weight is 258 g/mol. The molecule has 0 bridgehead atoms. The Morgan fingerprint density at radius 1 is 0.750 bits per heavy atom. The van der Waals surface area contributed by atoms with Crippen LogP contribution in [-0.2, 0) is 0 Å². The molecule has 3 aromatic carbocycles. The van der Waals surface area contributed by atoms with Gasteiger partial charge in [0.25, 0.3) is 0 Å². The maximum atomic E-state index is 2.35. The average Bonchev–Trinajstić information content (AvgIpc) is 2.72. The van der Waals surface area contributed by atoms with Gasteiger partial charge in [-0.25, -0.2) is 0 Å². The number of aryl methyl sites for hydroxylation is 2. The van der Waals surface area contributed by atoms with Crippen LogP contribution in [0.4, 0.5) is 0 Å². The maximum absolute atomic E-state index is 2.35. The molecular weight excluding hydrogens is 240 g/mol. The standard InChI is InChI=1S/C20H18/c1-12-4-7-16-15(10-12)6-9-18-17-8-5-13(2)11-19(17)14(3)20(16)18/h4-11,14H,1-3H3. The third-order valence-corrected chi connectivity index (χ3v) is 4.61. The first-order valence-corrected chi connectivity index (χ1v) is 7.29. The van der Waals surface area contributed by atoms with Gasteiger partial charge in [0, 0.05) is 5.92 Å². The summed E-state index contributed by atoms with van der Waals surface area (Å²) in [5, 5.41) is 2.77. The van der Waals surface area contributed by atoms with E-state index >= 15 is 0 Å². The number of rotatable bonds is 0. The van der Waals surface area contributed by atoms with E-state index in [0.29, 0.717) is 5.92 Å². The van der Waals surface area contributed by atoms with Gasteiger partial charge in [0.1, 0.15) is 0 Å². The zero-order valence-electron chi connectivity index (χ0n) is 12.2. The number of hydrogen-bond acceptors (Lipinski definition) is 0. The van der Waals surface area contributed by atoms with Crippen LogP contribution in [0.1, 0.15) is 35.1 Å². The highest BCUT2D eigenvalue weighted by molar-refractivity contribution is 5.96. The lowest BCUT2D eigenvalue weighted by Crippen LogP contribution is -1.92. The van der Waals surface area contributed by atoms with Gasteiger partial charge in [0.2, 0.25) is 0 Å². The van der Waals surface area contributed by atoms with E-state index in [1.54, 1.807) is 0 Å². The van der Waals surface area contributed by atoms with Gasteiger partial charge in [-0.05, 0) is 46.9 Å². The van der Waals surface area contributed by atoms with E-state index in [0.717, 1.165) is 0 Å². The fraction of sp³-hybridized carbons (Fsp3) is 0.200. The highest BCUT2D eigenvalue weighted by atomic mass is 14.3. The Morgan fingerprint density at radius 2 is 1.45 bits per heavy atom. The van der Waals surface area contributed by atoms with E-state index in [2.05, 4.69) is 69.3 Å². The molecule has 1 unspecified atom stereocenters. The minimum Gasteiger partial charge on any atom is -0.0587 e. The van der Waals surface area contributed by atoms with Crippen LogP contribution in [0.5, 0.6) is 0 Å². The minimum absolute atomic E-state index is 0.492. The maximum Gasteiger partial charge on any atom is 0.00795 e. The van der Waals surface area contributed by atoms with E-state index in [9.17, 15) is 0 Å². The molecule has 0 heteroatoms. The van der Waals surface area contributed by atoms with Gasteiger partial charge in [0.15, 0.2) is 0 Å². The van der Waals surface area contributed by atoms with E-state index in [1.807, 2.05) is 0 Å². The largest absolute Gasteiger partial charge is 0.0587 e. The highest BCUT2D eigenvalue weighted by Gasteiger charge is 2.26. The molecular formula is C20H18. The van der Waals surface area contributed by atoms with Crippen molar-refractivity contribution in [2.45, 2.75) is 26.7 Å².